The molecule has 0 radical (unpaired) electrons. The van der Waals surface area contributed by atoms with E-state index in [1.54, 1.807) is 0 Å². The van der Waals surface area contributed by atoms with Crippen molar-refractivity contribution in [3.63, 3.8) is 0 Å². The van der Waals surface area contributed by atoms with Gasteiger partial charge in [0.05, 0.1) is 4.75 Å². The number of unbranched alkanes of at least 4 members (excludes halogenated alkanes) is 12. The predicted octanol–water partition coefficient (Wildman–Crippen LogP) is 9.10. The number of amides is 1. The lowest BCUT2D eigenvalue weighted by Crippen LogP contribution is -2.35. The van der Waals surface area contributed by atoms with Crippen LogP contribution in [0.5, 0.6) is 0 Å². The van der Waals surface area contributed by atoms with Crippen molar-refractivity contribution in [1.82, 2.24) is 11.5 Å². The second kappa shape index (κ2) is 21.7. The average Bonchev–Trinajstić information content (AvgIpc) is 2.92. The number of benzene rings is 1. The van der Waals surface area contributed by atoms with E-state index in [0.717, 1.165) is 24.0 Å². The average molecular weight is 593 g/mol. The molecule has 0 fully saturated rings. The molecule has 0 aromatic heterocycles. The van der Waals surface area contributed by atoms with Crippen molar-refractivity contribution in [2.75, 3.05) is 6.54 Å². The van der Waals surface area contributed by atoms with Crippen molar-refractivity contribution >= 4 is 16.0 Å². The van der Waals surface area contributed by atoms with Crippen molar-refractivity contribution in [2.45, 2.75) is 142 Å². The molecule has 0 aliphatic rings. The first-order valence-electron chi connectivity index (χ1n) is 15.7. The van der Waals surface area contributed by atoms with E-state index >= 15 is 0 Å². The topological polar surface area (TPSA) is 123 Å². The molecule has 0 aliphatic carbocycles. The summed E-state index contributed by atoms with van der Waals surface area (Å²) in [5, 5.41) is 2.65. The number of hydrogen-bond donors (Lipinski definition) is 2. The summed E-state index contributed by atoms with van der Waals surface area (Å²) >= 11 is 0. The molecule has 1 amide bonds. The first kappa shape index (κ1) is 39.0. The van der Waals surface area contributed by atoms with Gasteiger partial charge in [-0.3, -0.25) is 4.79 Å². The molecule has 0 aliphatic heterocycles. The third-order valence-electron chi connectivity index (χ3n) is 8.29. The van der Waals surface area contributed by atoms with Crippen LogP contribution < -0.4 is 11.5 Å². The summed E-state index contributed by atoms with van der Waals surface area (Å²) in [7, 11) is -4.61. The number of rotatable bonds is 23. The summed E-state index contributed by atoms with van der Waals surface area (Å²) in [6.45, 7) is 11.4. The van der Waals surface area contributed by atoms with Gasteiger partial charge in [-0.05, 0) is 100 Å². The largest absolute Gasteiger partial charge is 0.747 e. The van der Waals surface area contributed by atoms with Crippen LogP contribution in [0.4, 0.5) is 0 Å². The lowest BCUT2D eigenvalue weighted by molar-refractivity contribution is -0.116. The van der Waals surface area contributed by atoms with Gasteiger partial charge in [-0.1, -0.05) is 95.6 Å². The predicted molar refractivity (Wildman–Crippen MR) is 175 cm³/mol. The Labute approximate surface area is 252 Å². The van der Waals surface area contributed by atoms with Gasteiger partial charge in [-0.15, -0.1) is 0 Å². The minimum atomic E-state index is -4.61. The van der Waals surface area contributed by atoms with Crippen molar-refractivity contribution in [3.05, 3.63) is 59.2 Å². The highest BCUT2D eigenvalue weighted by Gasteiger charge is 2.35. The SMILES string of the molecule is C=CC(=O)NCCCC(C)(c1ccc(CCCCCCCC/C=C\CCCCCCCC)c(C)c1C)S(=O)(=O)[O-].[NH4+]. The highest BCUT2D eigenvalue weighted by Crippen LogP contribution is 2.38. The molecule has 0 saturated heterocycles. The van der Waals surface area contributed by atoms with E-state index in [0.29, 0.717) is 18.5 Å². The Morgan fingerprint density at radius 3 is 1.95 bits per heavy atom. The van der Waals surface area contributed by atoms with Crippen molar-refractivity contribution in [3.8, 4) is 0 Å². The van der Waals surface area contributed by atoms with Crippen molar-refractivity contribution in [1.29, 1.82) is 0 Å². The molecule has 1 unspecified atom stereocenters. The minimum absolute atomic E-state index is 0. The summed E-state index contributed by atoms with van der Waals surface area (Å²) in [6, 6.07) is 3.83. The van der Waals surface area contributed by atoms with E-state index in [-0.39, 0.29) is 18.5 Å². The Kier molecular flexibility index (Phi) is 20.7. The van der Waals surface area contributed by atoms with Crippen LogP contribution in [0.1, 0.15) is 139 Å². The highest BCUT2D eigenvalue weighted by atomic mass is 32.2. The first-order chi connectivity index (χ1) is 19.1. The molecular formula is C34H60N2O4S. The zero-order valence-corrected chi connectivity index (χ0v) is 27.7. The smallest absolute Gasteiger partial charge is 0.243 e. The molecule has 0 bridgehead atoms. The summed E-state index contributed by atoms with van der Waals surface area (Å²) in [6.07, 6.45) is 25.4. The highest BCUT2D eigenvalue weighted by molar-refractivity contribution is 7.86. The Hall–Kier alpha value is -1.96. The van der Waals surface area contributed by atoms with Crippen LogP contribution in [-0.4, -0.2) is 25.4 Å². The van der Waals surface area contributed by atoms with Gasteiger partial charge in [0.15, 0.2) is 0 Å². The first-order valence-corrected chi connectivity index (χ1v) is 17.1. The fraction of sp³-hybridized carbons (Fsp3) is 0.676. The number of quaternary nitrogens is 1. The van der Waals surface area contributed by atoms with Gasteiger partial charge >= 0.3 is 0 Å². The number of nitrogens with one attached hydrogen (secondary N) is 1. The van der Waals surface area contributed by atoms with E-state index in [2.05, 4.69) is 31.0 Å². The molecule has 0 saturated carbocycles. The van der Waals surface area contributed by atoms with E-state index in [1.807, 2.05) is 26.0 Å². The molecule has 0 spiro atoms. The lowest BCUT2D eigenvalue weighted by Gasteiger charge is -2.35. The Bertz CT molecular complexity index is 1020. The van der Waals surface area contributed by atoms with Crippen LogP contribution in [0, 0.1) is 13.8 Å². The lowest BCUT2D eigenvalue weighted by atomic mass is 9.86. The van der Waals surface area contributed by atoms with Crippen molar-refractivity contribution < 1.29 is 17.8 Å². The second-order valence-electron chi connectivity index (χ2n) is 11.5. The Morgan fingerprint density at radius 1 is 0.878 bits per heavy atom. The van der Waals surface area contributed by atoms with Gasteiger partial charge in [0, 0.05) is 6.54 Å². The van der Waals surface area contributed by atoms with E-state index in [9.17, 15) is 17.8 Å². The van der Waals surface area contributed by atoms with Gasteiger partial charge in [-0.2, -0.15) is 0 Å². The number of hydrogen-bond acceptors (Lipinski definition) is 4. The summed E-state index contributed by atoms with van der Waals surface area (Å²) < 4.78 is 35.5. The molecule has 41 heavy (non-hydrogen) atoms. The number of carbonyl (C=O) groups is 1. The molecule has 1 aromatic rings. The van der Waals surface area contributed by atoms with Crippen LogP contribution in [0.25, 0.3) is 0 Å². The van der Waals surface area contributed by atoms with Crippen LogP contribution in [-0.2, 0) is 26.1 Å². The molecule has 1 rings (SSSR count). The van der Waals surface area contributed by atoms with Gasteiger partial charge < -0.3 is 16.0 Å². The standard InChI is InChI=1S/C34H57NO4S.H3N/c1-6-8-9-10-11-12-13-14-15-16-17-18-19-20-21-22-24-31-25-26-32(30(4)29(31)3)34(5,40(37,38)39)27-23-28-35-33(36)7-2;/h7,14-15,25-26H,2,6,8-13,16-24,27-28H2,1,3-5H3,(H,35,36)(H,37,38,39);1H3/b15-14-;. The van der Waals surface area contributed by atoms with E-state index in [4.69, 9.17) is 0 Å². The van der Waals surface area contributed by atoms with Crippen LogP contribution in [0.15, 0.2) is 36.9 Å². The van der Waals surface area contributed by atoms with Gasteiger partial charge in [0.2, 0.25) is 5.91 Å². The number of aryl methyl sites for hydroxylation is 1. The molecule has 5 N–H and O–H groups in total. The fourth-order valence-corrected chi connectivity index (χ4v) is 6.27. The van der Waals surface area contributed by atoms with E-state index in [1.165, 1.54) is 102 Å². The normalized spacial score (nSPS) is 13.1. The quantitative estimate of drug-likeness (QED) is 0.0569. The minimum Gasteiger partial charge on any atom is -0.747 e. The van der Waals surface area contributed by atoms with Gasteiger partial charge in [0.1, 0.15) is 10.1 Å². The third-order valence-corrected chi connectivity index (χ3v) is 9.82. The van der Waals surface area contributed by atoms with Gasteiger partial charge in [-0.25, -0.2) is 8.42 Å². The maximum Gasteiger partial charge on any atom is 0.243 e. The number of carbonyl (C=O) groups excluding carboxylic acids is 1. The van der Waals surface area contributed by atoms with Crippen LogP contribution in [0.2, 0.25) is 0 Å². The monoisotopic (exact) mass is 592 g/mol. The van der Waals surface area contributed by atoms with Crippen LogP contribution in [0.3, 0.4) is 0 Å². The van der Waals surface area contributed by atoms with Gasteiger partial charge in [0.25, 0.3) is 0 Å². The molecule has 7 heteroatoms. The summed E-state index contributed by atoms with van der Waals surface area (Å²) in [5.41, 5.74) is 3.74. The zero-order valence-electron chi connectivity index (χ0n) is 26.9. The maximum atomic E-state index is 12.4. The molecule has 0 heterocycles. The zero-order chi connectivity index (χ0) is 29.9. The summed E-state index contributed by atoms with van der Waals surface area (Å²) in [5.74, 6) is -0.311. The maximum absolute atomic E-state index is 12.4. The van der Waals surface area contributed by atoms with E-state index < -0.39 is 14.9 Å². The number of allylic oxidation sites excluding steroid dienone is 2. The second-order valence-corrected chi connectivity index (χ2v) is 13.3. The molecule has 236 valence electrons. The fourth-order valence-electron chi connectivity index (χ4n) is 5.39. The Morgan fingerprint density at radius 2 is 1.41 bits per heavy atom. The molecular weight excluding hydrogens is 532 g/mol. The summed E-state index contributed by atoms with van der Waals surface area (Å²) in [4.78, 5) is 11.4. The third kappa shape index (κ3) is 14.7. The molecule has 1 aromatic carbocycles. The molecule has 6 nitrogen and oxygen atoms in total. The Balaban J connectivity index is 0.0000160. The van der Waals surface area contributed by atoms with Crippen LogP contribution >= 0.6 is 0 Å². The van der Waals surface area contributed by atoms with Crippen molar-refractivity contribution in [2.24, 2.45) is 0 Å². The molecule has 1 atom stereocenters.